The van der Waals surface area contributed by atoms with Crippen molar-refractivity contribution in [3.8, 4) is 11.3 Å². The summed E-state index contributed by atoms with van der Waals surface area (Å²) in [4.78, 5) is 14.9. The van der Waals surface area contributed by atoms with Crippen LogP contribution in [-0.2, 0) is 0 Å². The highest BCUT2D eigenvalue weighted by atomic mass is 19.2. The zero-order valence-corrected chi connectivity index (χ0v) is 9.08. The summed E-state index contributed by atoms with van der Waals surface area (Å²) in [6.07, 6.45) is 0.576. The minimum atomic E-state index is -0.992. The van der Waals surface area contributed by atoms with Gasteiger partial charge in [-0.3, -0.25) is 9.78 Å². The molecule has 0 unspecified atom stereocenters. The molecule has 86 valence electrons. The normalized spacial score (nSPS) is 10.3. The van der Waals surface area contributed by atoms with Crippen molar-refractivity contribution in [1.82, 2.24) is 4.98 Å². The van der Waals surface area contributed by atoms with Gasteiger partial charge in [0.05, 0.1) is 5.69 Å². The minimum absolute atomic E-state index is 0.00389. The van der Waals surface area contributed by atoms with Gasteiger partial charge in [0, 0.05) is 16.8 Å². The van der Waals surface area contributed by atoms with E-state index in [-0.39, 0.29) is 16.8 Å². The number of halogens is 2. The molecule has 0 aliphatic rings. The van der Waals surface area contributed by atoms with Crippen molar-refractivity contribution in [3.63, 3.8) is 0 Å². The van der Waals surface area contributed by atoms with Gasteiger partial charge in [0.25, 0.3) is 0 Å². The number of aryl methyl sites for hydroxylation is 1. The number of nitrogens with zero attached hydrogens (tertiary/aromatic N) is 1. The lowest BCUT2D eigenvalue weighted by molar-refractivity contribution is 0.112. The number of carbonyl (C=O) groups is 1. The number of hydrogen-bond donors (Lipinski definition) is 0. The maximum atomic E-state index is 13.6. The monoisotopic (exact) mass is 233 g/mol. The molecule has 1 aromatic carbocycles. The number of aldehydes is 1. The number of rotatable bonds is 2. The van der Waals surface area contributed by atoms with E-state index in [4.69, 9.17) is 0 Å². The fourth-order valence-electron chi connectivity index (χ4n) is 1.56. The van der Waals surface area contributed by atoms with Crippen molar-refractivity contribution in [2.45, 2.75) is 6.92 Å². The Bertz CT molecular complexity index is 582. The SMILES string of the molecule is Cc1ccc(C=O)c(-c2cccc(F)c2F)n1. The first kappa shape index (κ1) is 11.4. The predicted octanol–water partition coefficient (Wildman–Crippen LogP) is 3.15. The second-order valence-electron chi connectivity index (χ2n) is 3.61. The third-order valence-corrected chi connectivity index (χ3v) is 2.40. The summed E-state index contributed by atoms with van der Waals surface area (Å²) in [5, 5.41) is 0. The van der Waals surface area contributed by atoms with E-state index in [0.717, 1.165) is 6.07 Å². The van der Waals surface area contributed by atoms with Crippen LogP contribution in [0, 0.1) is 18.6 Å². The standard InChI is InChI=1S/C13H9F2NO/c1-8-5-6-9(7-17)13(16-8)10-3-2-4-11(14)12(10)15/h2-7H,1H3. The summed E-state index contributed by atoms with van der Waals surface area (Å²) in [7, 11) is 0. The molecule has 0 atom stereocenters. The van der Waals surface area contributed by atoms with Crippen LogP contribution < -0.4 is 0 Å². The Morgan fingerprint density at radius 2 is 1.94 bits per heavy atom. The van der Waals surface area contributed by atoms with Crippen molar-refractivity contribution in [3.05, 3.63) is 53.2 Å². The molecule has 4 heteroatoms. The number of aromatic nitrogens is 1. The van der Waals surface area contributed by atoms with Crippen LogP contribution in [0.25, 0.3) is 11.3 Å². The smallest absolute Gasteiger partial charge is 0.168 e. The lowest BCUT2D eigenvalue weighted by atomic mass is 10.1. The van der Waals surface area contributed by atoms with Gasteiger partial charge in [-0.2, -0.15) is 0 Å². The molecule has 0 aliphatic heterocycles. The Morgan fingerprint density at radius 1 is 1.18 bits per heavy atom. The highest BCUT2D eigenvalue weighted by molar-refractivity contribution is 5.85. The Hall–Kier alpha value is -2.10. The molecule has 2 aromatic rings. The van der Waals surface area contributed by atoms with Gasteiger partial charge < -0.3 is 0 Å². The molecule has 0 saturated carbocycles. The van der Waals surface area contributed by atoms with Gasteiger partial charge in [0.2, 0.25) is 0 Å². The molecule has 0 aliphatic carbocycles. The number of benzene rings is 1. The van der Waals surface area contributed by atoms with Crippen LogP contribution in [0.1, 0.15) is 16.1 Å². The summed E-state index contributed by atoms with van der Waals surface area (Å²) in [5.74, 6) is -1.95. The van der Waals surface area contributed by atoms with Crippen LogP contribution in [0.2, 0.25) is 0 Å². The summed E-state index contributed by atoms with van der Waals surface area (Å²) >= 11 is 0. The van der Waals surface area contributed by atoms with Crippen LogP contribution in [0.5, 0.6) is 0 Å². The van der Waals surface area contributed by atoms with E-state index in [9.17, 15) is 13.6 Å². The van der Waals surface area contributed by atoms with Crippen molar-refractivity contribution in [2.24, 2.45) is 0 Å². The van der Waals surface area contributed by atoms with E-state index in [2.05, 4.69) is 4.98 Å². The topological polar surface area (TPSA) is 30.0 Å². The second-order valence-corrected chi connectivity index (χ2v) is 3.61. The fourth-order valence-corrected chi connectivity index (χ4v) is 1.56. The van der Waals surface area contributed by atoms with E-state index >= 15 is 0 Å². The molecule has 17 heavy (non-hydrogen) atoms. The lowest BCUT2D eigenvalue weighted by Gasteiger charge is -2.06. The first-order valence-corrected chi connectivity index (χ1v) is 5.00. The van der Waals surface area contributed by atoms with E-state index in [1.165, 1.54) is 18.2 Å². The zero-order valence-electron chi connectivity index (χ0n) is 9.08. The molecule has 0 spiro atoms. The molecule has 0 radical (unpaired) electrons. The molecule has 0 N–H and O–H groups in total. The first-order chi connectivity index (χ1) is 8.13. The zero-order chi connectivity index (χ0) is 12.4. The number of hydrogen-bond acceptors (Lipinski definition) is 2. The van der Waals surface area contributed by atoms with Crippen LogP contribution >= 0.6 is 0 Å². The fraction of sp³-hybridized carbons (Fsp3) is 0.0769. The number of pyridine rings is 1. The van der Waals surface area contributed by atoms with E-state index < -0.39 is 11.6 Å². The van der Waals surface area contributed by atoms with Gasteiger partial charge in [0.15, 0.2) is 17.9 Å². The Kier molecular flexibility index (Phi) is 2.95. The molecule has 0 fully saturated rings. The second kappa shape index (κ2) is 4.41. The molecule has 1 heterocycles. The average Bonchev–Trinajstić information content (AvgIpc) is 2.33. The summed E-state index contributed by atoms with van der Waals surface area (Å²) in [6.45, 7) is 1.72. The largest absolute Gasteiger partial charge is 0.298 e. The lowest BCUT2D eigenvalue weighted by Crippen LogP contribution is -1.97. The van der Waals surface area contributed by atoms with Gasteiger partial charge in [-0.1, -0.05) is 6.07 Å². The Balaban J connectivity index is 2.71. The van der Waals surface area contributed by atoms with Gasteiger partial charge in [-0.25, -0.2) is 8.78 Å². The Labute approximate surface area is 96.9 Å². The van der Waals surface area contributed by atoms with E-state index in [1.54, 1.807) is 13.0 Å². The molecular weight excluding hydrogens is 224 g/mol. The molecule has 2 nitrogen and oxygen atoms in total. The van der Waals surface area contributed by atoms with Crippen LogP contribution in [0.4, 0.5) is 8.78 Å². The van der Waals surface area contributed by atoms with Gasteiger partial charge in [-0.05, 0) is 31.2 Å². The third kappa shape index (κ3) is 2.06. The maximum absolute atomic E-state index is 13.6. The van der Waals surface area contributed by atoms with Crippen LogP contribution in [-0.4, -0.2) is 11.3 Å². The van der Waals surface area contributed by atoms with E-state index in [1.807, 2.05) is 0 Å². The first-order valence-electron chi connectivity index (χ1n) is 5.00. The van der Waals surface area contributed by atoms with Gasteiger partial charge >= 0.3 is 0 Å². The highest BCUT2D eigenvalue weighted by Gasteiger charge is 2.14. The van der Waals surface area contributed by atoms with Crippen LogP contribution in [0.3, 0.4) is 0 Å². The van der Waals surface area contributed by atoms with Crippen LogP contribution in [0.15, 0.2) is 30.3 Å². The molecule has 0 saturated heterocycles. The summed E-state index contributed by atoms with van der Waals surface area (Å²) in [6, 6.07) is 6.98. The minimum Gasteiger partial charge on any atom is -0.298 e. The van der Waals surface area contributed by atoms with Gasteiger partial charge in [-0.15, -0.1) is 0 Å². The molecular formula is C13H9F2NO. The highest BCUT2D eigenvalue weighted by Crippen LogP contribution is 2.25. The van der Waals surface area contributed by atoms with Gasteiger partial charge in [0.1, 0.15) is 0 Å². The molecule has 0 amide bonds. The Morgan fingerprint density at radius 3 is 2.65 bits per heavy atom. The third-order valence-electron chi connectivity index (χ3n) is 2.40. The number of carbonyl (C=O) groups excluding carboxylic acids is 1. The maximum Gasteiger partial charge on any atom is 0.168 e. The van der Waals surface area contributed by atoms with Crippen molar-refractivity contribution in [1.29, 1.82) is 0 Å². The average molecular weight is 233 g/mol. The molecule has 1 aromatic heterocycles. The van der Waals surface area contributed by atoms with Crippen molar-refractivity contribution < 1.29 is 13.6 Å². The summed E-state index contributed by atoms with van der Waals surface area (Å²) < 4.78 is 26.7. The molecule has 0 bridgehead atoms. The molecule has 2 rings (SSSR count). The predicted molar refractivity (Wildman–Crippen MR) is 59.7 cm³/mol. The quantitative estimate of drug-likeness (QED) is 0.746. The van der Waals surface area contributed by atoms with Crippen molar-refractivity contribution in [2.75, 3.05) is 0 Å². The van der Waals surface area contributed by atoms with E-state index in [0.29, 0.717) is 12.0 Å². The van der Waals surface area contributed by atoms with Crippen molar-refractivity contribution >= 4 is 6.29 Å². The summed E-state index contributed by atoms with van der Waals surface area (Å²) in [5.41, 5.74) is 1.03.